The van der Waals surface area contributed by atoms with Gasteiger partial charge in [-0.15, -0.1) is 0 Å². The zero-order valence-electron chi connectivity index (χ0n) is 11.2. The smallest absolute Gasteiger partial charge is 0.138 e. The number of benzene rings is 1. The van der Waals surface area contributed by atoms with Crippen LogP contribution in [0.5, 0.6) is 0 Å². The van der Waals surface area contributed by atoms with Crippen LogP contribution in [0.15, 0.2) is 18.2 Å². The molecule has 1 aromatic carbocycles. The molecular formula is C16H23NO. The number of nitrogens with two attached hydrogens (primary N) is 1. The summed E-state index contributed by atoms with van der Waals surface area (Å²) in [6, 6.07) is 6.55. The summed E-state index contributed by atoms with van der Waals surface area (Å²) < 4.78 is 0. The average molecular weight is 245 g/mol. The Morgan fingerprint density at radius 1 is 1.33 bits per heavy atom. The van der Waals surface area contributed by atoms with Gasteiger partial charge in [-0.3, -0.25) is 4.79 Å². The first-order chi connectivity index (χ1) is 8.69. The van der Waals surface area contributed by atoms with Crippen molar-refractivity contribution in [1.29, 1.82) is 0 Å². The van der Waals surface area contributed by atoms with Crippen LogP contribution in [0.25, 0.3) is 0 Å². The van der Waals surface area contributed by atoms with Crippen molar-refractivity contribution in [1.82, 2.24) is 0 Å². The molecule has 1 aliphatic rings. The molecule has 1 unspecified atom stereocenters. The molecule has 1 aromatic rings. The van der Waals surface area contributed by atoms with E-state index in [-0.39, 0.29) is 11.8 Å². The van der Waals surface area contributed by atoms with Gasteiger partial charge in [-0.1, -0.05) is 31.5 Å². The van der Waals surface area contributed by atoms with Gasteiger partial charge in [-0.05, 0) is 42.4 Å². The Balaban J connectivity index is 1.91. The lowest BCUT2D eigenvalue weighted by atomic mass is 9.99. The van der Waals surface area contributed by atoms with Gasteiger partial charge in [0, 0.05) is 18.9 Å². The van der Waals surface area contributed by atoms with Gasteiger partial charge in [0.05, 0.1) is 0 Å². The van der Waals surface area contributed by atoms with Crippen molar-refractivity contribution >= 4 is 5.78 Å². The molecule has 2 rings (SSSR count). The minimum Gasteiger partial charge on any atom is -0.327 e. The van der Waals surface area contributed by atoms with Gasteiger partial charge in [0.1, 0.15) is 5.78 Å². The monoisotopic (exact) mass is 245 g/mol. The van der Waals surface area contributed by atoms with Crippen LogP contribution in [-0.4, -0.2) is 11.8 Å². The third-order valence-electron chi connectivity index (χ3n) is 3.71. The van der Waals surface area contributed by atoms with Crippen LogP contribution in [0.3, 0.4) is 0 Å². The Kier molecular flexibility index (Phi) is 4.54. The molecule has 2 heteroatoms. The molecule has 0 amide bonds. The Bertz CT molecular complexity index is 425. The van der Waals surface area contributed by atoms with Crippen LogP contribution >= 0.6 is 0 Å². The van der Waals surface area contributed by atoms with Crippen molar-refractivity contribution in [2.75, 3.05) is 0 Å². The molecular weight excluding hydrogens is 222 g/mol. The van der Waals surface area contributed by atoms with Crippen molar-refractivity contribution in [3.8, 4) is 0 Å². The highest BCUT2D eigenvalue weighted by Crippen LogP contribution is 2.23. The van der Waals surface area contributed by atoms with Gasteiger partial charge in [-0.2, -0.15) is 0 Å². The average Bonchev–Trinajstić information content (AvgIpc) is 2.76. The van der Waals surface area contributed by atoms with Gasteiger partial charge in [0.15, 0.2) is 0 Å². The maximum absolute atomic E-state index is 11.9. The van der Waals surface area contributed by atoms with E-state index in [0.29, 0.717) is 12.8 Å². The Labute approximate surface area is 110 Å². The van der Waals surface area contributed by atoms with E-state index >= 15 is 0 Å². The van der Waals surface area contributed by atoms with E-state index in [4.69, 9.17) is 5.73 Å². The highest BCUT2D eigenvalue weighted by molar-refractivity contribution is 5.81. The summed E-state index contributed by atoms with van der Waals surface area (Å²) in [6.45, 7) is 2.10. The predicted molar refractivity (Wildman–Crippen MR) is 74.7 cm³/mol. The molecule has 0 heterocycles. The highest BCUT2D eigenvalue weighted by atomic mass is 16.1. The summed E-state index contributed by atoms with van der Waals surface area (Å²) >= 11 is 0. The van der Waals surface area contributed by atoms with Crippen molar-refractivity contribution < 1.29 is 4.79 Å². The summed E-state index contributed by atoms with van der Waals surface area (Å²) in [7, 11) is 0. The normalized spacial score (nSPS) is 15.4. The zero-order valence-corrected chi connectivity index (χ0v) is 11.2. The molecule has 0 bridgehead atoms. The lowest BCUT2D eigenvalue weighted by Gasteiger charge is -2.09. The third-order valence-corrected chi connectivity index (χ3v) is 3.71. The van der Waals surface area contributed by atoms with E-state index in [0.717, 1.165) is 18.4 Å². The number of rotatable bonds is 6. The number of Topliss-reactive ketones (excluding diaryl/α,β-unsaturated/α-hetero) is 1. The largest absolute Gasteiger partial charge is 0.327 e. The summed E-state index contributed by atoms with van der Waals surface area (Å²) in [6.07, 6.45) is 6.69. The van der Waals surface area contributed by atoms with Crippen LogP contribution < -0.4 is 5.73 Å². The second-order valence-electron chi connectivity index (χ2n) is 5.42. The Morgan fingerprint density at radius 3 is 2.89 bits per heavy atom. The molecule has 1 atom stereocenters. The minimum atomic E-state index is 0.0388. The van der Waals surface area contributed by atoms with Crippen molar-refractivity contribution in [2.45, 2.75) is 57.9 Å². The maximum atomic E-state index is 11.9. The quantitative estimate of drug-likeness (QED) is 0.837. The molecule has 0 aromatic heterocycles. The number of ketones is 1. The van der Waals surface area contributed by atoms with Gasteiger partial charge in [-0.25, -0.2) is 0 Å². The van der Waals surface area contributed by atoms with E-state index < -0.39 is 0 Å². The fraction of sp³-hybridized carbons (Fsp3) is 0.562. The third kappa shape index (κ3) is 3.42. The molecule has 18 heavy (non-hydrogen) atoms. The number of carbonyl (C=O) groups is 1. The fourth-order valence-corrected chi connectivity index (χ4v) is 2.80. The zero-order chi connectivity index (χ0) is 13.0. The molecule has 0 fully saturated rings. The van der Waals surface area contributed by atoms with Crippen molar-refractivity contribution in [3.63, 3.8) is 0 Å². The van der Waals surface area contributed by atoms with E-state index in [1.807, 2.05) is 0 Å². The fourth-order valence-electron chi connectivity index (χ4n) is 2.80. The molecule has 0 saturated carbocycles. The van der Waals surface area contributed by atoms with E-state index in [2.05, 4.69) is 25.1 Å². The van der Waals surface area contributed by atoms with Crippen molar-refractivity contribution in [2.24, 2.45) is 5.73 Å². The van der Waals surface area contributed by atoms with Crippen molar-refractivity contribution in [3.05, 3.63) is 34.9 Å². The molecule has 98 valence electrons. The maximum Gasteiger partial charge on any atom is 0.138 e. The first kappa shape index (κ1) is 13.3. The first-order valence-corrected chi connectivity index (χ1v) is 7.07. The molecule has 0 aliphatic heterocycles. The highest BCUT2D eigenvalue weighted by Gasteiger charge is 2.13. The summed E-state index contributed by atoms with van der Waals surface area (Å²) in [5.74, 6) is 0.272. The van der Waals surface area contributed by atoms with Gasteiger partial charge < -0.3 is 5.73 Å². The van der Waals surface area contributed by atoms with Crippen LogP contribution in [0.4, 0.5) is 0 Å². The van der Waals surface area contributed by atoms with E-state index in [1.165, 1.54) is 30.4 Å². The molecule has 0 radical (unpaired) electrons. The molecule has 2 nitrogen and oxygen atoms in total. The van der Waals surface area contributed by atoms with E-state index in [1.54, 1.807) is 0 Å². The second kappa shape index (κ2) is 6.14. The van der Waals surface area contributed by atoms with Gasteiger partial charge in [0.2, 0.25) is 0 Å². The van der Waals surface area contributed by atoms with Gasteiger partial charge >= 0.3 is 0 Å². The van der Waals surface area contributed by atoms with Crippen LogP contribution in [0.1, 0.15) is 49.3 Å². The molecule has 0 spiro atoms. The minimum absolute atomic E-state index is 0.0388. The summed E-state index contributed by atoms with van der Waals surface area (Å²) in [5, 5.41) is 0. The van der Waals surface area contributed by atoms with Gasteiger partial charge in [0.25, 0.3) is 0 Å². The number of carbonyl (C=O) groups excluding carboxylic acids is 1. The number of hydrogen-bond acceptors (Lipinski definition) is 2. The second-order valence-corrected chi connectivity index (χ2v) is 5.42. The number of hydrogen-bond donors (Lipinski definition) is 1. The predicted octanol–water partition coefficient (Wildman–Crippen LogP) is 2.80. The van der Waals surface area contributed by atoms with Crippen LogP contribution in [-0.2, 0) is 24.1 Å². The summed E-state index contributed by atoms with van der Waals surface area (Å²) in [5.41, 5.74) is 9.97. The lowest BCUT2D eigenvalue weighted by molar-refractivity contribution is -0.118. The molecule has 0 saturated heterocycles. The van der Waals surface area contributed by atoms with Crippen LogP contribution in [0.2, 0.25) is 0 Å². The van der Waals surface area contributed by atoms with Crippen LogP contribution in [0, 0.1) is 0 Å². The first-order valence-electron chi connectivity index (χ1n) is 7.07. The lowest BCUT2D eigenvalue weighted by Crippen LogP contribution is -2.24. The SMILES string of the molecule is CCCC(N)CC(=O)Cc1ccc2c(c1)CCC2. The standard InChI is InChI=1S/C16H23NO/c1-2-4-15(17)11-16(18)10-12-7-8-13-5-3-6-14(13)9-12/h7-9,15H,2-6,10-11,17H2,1H3. The molecule has 1 aliphatic carbocycles. The Hall–Kier alpha value is -1.15. The topological polar surface area (TPSA) is 43.1 Å². The Morgan fingerprint density at radius 2 is 2.11 bits per heavy atom. The van der Waals surface area contributed by atoms with E-state index in [9.17, 15) is 4.79 Å². The number of aryl methyl sites for hydroxylation is 2. The molecule has 2 N–H and O–H groups in total. The summed E-state index contributed by atoms with van der Waals surface area (Å²) in [4.78, 5) is 11.9. The number of fused-ring (bicyclic) bond motifs is 1.